The van der Waals surface area contributed by atoms with Gasteiger partial charge in [0.25, 0.3) is 11.6 Å². The molecule has 1 amide bonds. The number of nitrogens with zero attached hydrogens (tertiary/aromatic N) is 4. The number of fused-ring (bicyclic) bond motifs is 1. The summed E-state index contributed by atoms with van der Waals surface area (Å²) in [5, 5.41) is 22.6. The van der Waals surface area contributed by atoms with E-state index in [1.165, 1.54) is 23.9 Å². The monoisotopic (exact) mass is 526 g/mol. The van der Waals surface area contributed by atoms with E-state index >= 15 is 0 Å². The molecule has 3 aromatic carbocycles. The summed E-state index contributed by atoms with van der Waals surface area (Å²) in [4.78, 5) is 28.8. The summed E-state index contributed by atoms with van der Waals surface area (Å²) in [6.07, 6.45) is 0. The van der Waals surface area contributed by atoms with Crippen molar-refractivity contribution in [2.24, 2.45) is 0 Å². The van der Waals surface area contributed by atoms with E-state index < -0.39 is 11.0 Å². The number of aromatic nitrogens is 3. The number of non-ortho nitro benzene ring substituents is 1. The maximum absolute atomic E-state index is 13.7. The van der Waals surface area contributed by atoms with Gasteiger partial charge in [-0.05, 0) is 43.5 Å². The first kappa shape index (κ1) is 25.2. The molecule has 2 heterocycles. The lowest BCUT2D eigenvalue weighted by Gasteiger charge is -2.29. The van der Waals surface area contributed by atoms with E-state index in [0.717, 1.165) is 27.9 Å². The molecule has 1 unspecified atom stereocenters. The number of allylic oxidation sites excluding steroid dienone is 1. The van der Waals surface area contributed by atoms with Gasteiger partial charge in [0.1, 0.15) is 6.04 Å². The minimum atomic E-state index is -0.475. The highest BCUT2D eigenvalue weighted by Crippen LogP contribution is 2.37. The van der Waals surface area contributed by atoms with Crippen molar-refractivity contribution >= 4 is 35.0 Å². The first-order chi connectivity index (χ1) is 18.3. The van der Waals surface area contributed by atoms with Crippen LogP contribution in [-0.2, 0) is 10.5 Å². The minimum absolute atomic E-state index is 0.0533. The van der Waals surface area contributed by atoms with Gasteiger partial charge in [-0.25, -0.2) is 4.68 Å². The van der Waals surface area contributed by atoms with Gasteiger partial charge in [0.2, 0.25) is 11.1 Å². The molecule has 38 heavy (non-hydrogen) atoms. The maximum Gasteiger partial charge on any atom is 0.269 e. The van der Waals surface area contributed by atoms with Crippen LogP contribution in [0, 0.1) is 24.0 Å². The van der Waals surface area contributed by atoms with E-state index in [1.54, 1.807) is 16.8 Å². The van der Waals surface area contributed by atoms with Gasteiger partial charge in [-0.2, -0.15) is 4.98 Å². The van der Waals surface area contributed by atoms with Crippen LogP contribution in [0.25, 0.3) is 0 Å². The lowest BCUT2D eigenvalue weighted by atomic mass is 9.94. The minimum Gasteiger partial charge on any atom is -0.328 e. The average Bonchev–Trinajstić information content (AvgIpc) is 3.31. The van der Waals surface area contributed by atoms with Crippen LogP contribution in [0.15, 0.2) is 89.2 Å². The van der Waals surface area contributed by atoms with Gasteiger partial charge < -0.3 is 10.6 Å². The lowest BCUT2D eigenvalue weighted by molar-refractivity contribution is -0.384. The van der Waals surface area contributed by atoms with E-state index in [4.69, 9.17) is 5.10 Å². The second kappa shape index (κ2) is 10.5. The number of anilines is 2. The number of para-hydroxylation sites is 1. The summed E-state index contributed by atoms with van der Waals surface area (Å²) in [6, 6.07) is 21.7. The van der Waals surface area contributed by atoms with Crippen LogP contribution in [0.3, 0.4) is 0 Å². The number of rotatable bonds is 7. The Balaban J connectivity index is 1.45. The van der Waals surface area contributed by atoms with Gasteiger partial charge in [-0.3, -0.25) is 14.9 Å². The number of carbonyl (C=O) groups is 1. The number of carbonyl (C=O) groups excluding carboxylic acids is 1. The van der Waals surface area contributed by atoms with Crippen LogP contribution in [-0.4, -0.2) is 25.6 Å². The number of nitro benzene ring substituents is 1. The Morgan fingerprint density at radius 3 is 2.45 bits per heavy atom. The van der Waals surface area contributed by atoms with Crippen LogP contribution in [0.1, 0.15) is 35.2 Å². The Kier molecular flexibility index (Phi) is 6.97. The third kappa shape index (κ3) is 5.16. The fourth-order valence-electron chi connectivity index (χ4n) is 4.31. The number of nitrogens with one attached hydrogen (secondary N) is 2. The van der Waals surface area contributed by atoms with Gasteiger partial charge in [0.05, 0.1) is 10.5 Å². The Bertz CT molecular complexity index is 1540. The Morgan fingerprint density at radius 2 is 1.76 bits per heavy atom. The molecule has 10 heteroatoms. The molecule has 5 rings (SSSR count). The van der Waals surface area contributed by atoms with Crippen molar-refractivity contribution in [1.82, 2.24) is 14.8 Å². The molecular weight excluding hydrogens is 500 g/mol. The number of hydrogen-bond donors (Lipinski definition) is 2. The second-order valence-electron chi connectivity index (χ2n) is 9.12. The van der Waals surface area contributed by atoms with Gasteiger partial charge in [-0.15, -0.1) is 5.10 Å². The number of hydrogen-bond acceptors (Lipinski definition) is 7. The van der Waals surface area contributed by atoms with Crippen LogP contribution in [0.4, 0.5) is 17.3 Å². The van der Waals surface area contributed by atoms with Crippen molar-refractivity contribution in [3.8, 4) is 0 Å². The predicted molar refractivity (Wildman–Crippen MR) is 148 cm³/mol. The fourth-order valence-corrected chi connectivity index (χ4v) is 5.09. The zero-order chi connectivity index (χ0) is 26.8. The molecular formula is C28H26N6O3S. The third-order valence-electron chi connectivity index (χ3n) is 6.38. The summed E-state index contributed by atoms with van der Waals surface area (Å²) >= 11 is 1.42. The molecule has 1 aliphatic heterocycles. The molecule has 0 bridgehead atoms. The molecule has 192 valence electrons. The number of benzene rings is 3. The van der Waals surface area contributed by atoms with Crippen molar-refractivity contribution in [2.45, 2.75) is 37.7 Å². The van der Waals surface area contributed by atoms with Crippen molar-refractivity contribution < 1.29 is 9.72 Å². The average molecular weight is 527 g/mol. The zero-order valence-electron chi connectivity index (χ0n) is 21.1. The van der Waals surface area contributed by atoms with Gasteiger partial charge in [0, 0.05) is 29.3 Å². The molecule has 4 aromatic rings. The van der Waals surface area contributed by atoms with Gasteiger partial charge >= 0.3 is 0 Å². The molecule has 0 spiro atoms. The molecule has 1 aliphatic rings. The Labute approximate surface area is 224 Å². The van der Waals surface area contributed by atoms with Crippen LogP contribution >= 0.6 is 11.8 Å². The van der Waals surface area contributed by atoms with Crippen molar-refractivity contribution in [3.05, 3.63) is 116 Å². The number of amides is 1. The highest BCUT2D eigenvalue weighted by Gasteiger charge is 2.34. The predicted octanol–water partition coefficient (Wildman–Crippen LogP) is 6.02. The van der Waals surface area contributed by atoms with Crippen LogP contribution < -0.4 is 10.6 Å². The van der Waals surface area contributed by atoms with Crippen LogP contribution in [0.5, 0.6) is 0 Å². The Hall–Kier alpha value is -4.44. The molecule has 9 nitrogen and oxygen atoms in total. The SMILES string of the molecule is CC1=C(C(=O)Nc2ccccc2C)C(c2ccc(C)cc2)n2nc(SCc3ccc([N+](=O)[O-])cc3)nc2N1. The van der Waals surface area contributed by atoms with E-state index in [9.17, 15) is 14.9 Å². The summed E-state index contributed by atoms with van der Waals surface area (Å²) in [5.41, 5.74) is 6.00. The summed E-state index contributed by atoms with van der Waals surface area (Å²) in [5.74, 6) is 0.881. The van der Waals surface area contributed by atoms with Crippen molar-refractivity contribution in [1.29, 1.82) is 0 Å². The van der Waals surface area contributed by atoms with E-state index in [0.29, 0.717) is 28.1 Å². The maximum atomic E-state index is 13.7. The quantitative estimate of drug-likeness (QED) is 0.172. The van der Waals surface area contributed by atoms with Gasteiger partial charge in [0.15, 0.2) is 0 Å². The van der Waals surface area contributed by atoms with Crippen molar-refractivity contribution in [3.63, 3.8) is 0 Å². The van der Waals surface area contributed by atoms with Gasteiger partial charge in [-0.1, -0.05) is 71.9 Å². The molecule has 0 radical (unpaired) electrons. The molecule has 1 aromatic heterocycles. The largest absolute Gasteiger partial charge is 0.328 e. The van der Waals surface area contributed by atoms with E-state index in [1.807, 2.05) is 69.3 Å². The molecule has 1 atom stereocenters. The normalized spacial score (nSPS) is 14.6. The van der Waals surface area contributed by atoms with Crippen molar-refractivity contribution in [2.75, 3.05) is 10.6 Å². The van der Waals surface area contributed by atoms with Crippen LogP contribution in [0.2, 0.25) is 0 Å². The lowest BCUT2D eigenvalue weighted by Crippen LogP contribution is -2.31. The van der Waals surface area contributed by atoms with E-state index in [2.05, 4.69) is 15.6 Å². The standard InChI is InChI=1S/C28H26N6O3S/c1-17-8-12-21(13-9-17)25-24(26(35)30-23-7-5-4-6-18(23)2)19(3)29-27-31-28(32-33(25)27)38-16-20-10-14-22(15-11-20)34(36)37/h4-15,25H,16H2,1-3H3,(H,30,35)(H,29,31,32). The molecule has 2 N–H and O–H groups in total. The fraction of sp³-hybridized carbons (Fsp3) is 0.179. The third-order valence-corrected chi connectivity index (χ3v) is 7.29. The smallest absolute Gasteiger partial charge is 0.269 e. The second-order valence-corrected chi connectivity index (χ2v) is 10.1. The first-order valence-corrected chi connectivity index (χ1v) is 13.0. The summed E-state index contributed by atoms with van der Waals surface area (Å²) in [6.45, 7) is 5.85. The zero-order valence-corrected chi connectivity index (χ0v) is 22.0. The summed E-state index contributed by atoms with van der Waals surface area (Å²) in [7, 11) is 0. The summed E-state index contributed by atoms with van der Waals surface area (Å²) < 4.78 is 1.75. The number of thioether (sulfide) groups is 1. The molecule has 0 fully saturated rings. The molecule has 0 saturated carbocycles. The first-order valence-electron chi connectivity index (χ1n) is 12.0. The highest BCUT2D eigenvalue weighted by molar-refractivity contribution is 7.98. The Morgan fingerprint density at radius 1 is 1.05 bits per heavy atom. The topological polar surface area (TPSA) is 115 Å². The highest BCUT2D eigenvalue weighted by atomic mass is 32.2. The van der Waals surface area contributed by atoms with E-state index in [-0.39, 0.29) is 11.6 Å². The number of aryl methyl sites for hydroxylation is 2. The molecule has 0 saturated heterocycles. The molecule has 0 aliphatic carbocycles. The number of nitro groups is 1.